The minimum atomic E-state index is 0.678. The number of nitrogens with zero attached hydrogens (tertiary/aromatic N) is 1. The molecule has 4 rings (SSSR count). The summed E-state index contributed by atoms with van der Waals surface area (Å²) in [5.41, 5.74) is 6.05. The van der Waals surface area contributed by atoms with Crippen LogP contribution in [0.1, 0.15) is 68.1 Å². The fraction of sp³-hybridized carbons (Fsp3) is 0.367. The first-order valence-electron chi connectivity index (χ1n) is 11.9. The van der Waals surface area contributed by atoms with E-state index in [1.54, 1.807) is 0 Å². The Morgan fingerprint density at radius 3 is 1.97 bits per heavy atom. The molecule has 0 bridgehead atoms. The zero-order chi connectivity index (χ0) is 21.5. The minimum Gasteiger partial charge on any atom is -0.192 e. The Labute approximate surface area is 187 Å². The Bertz CT molecular complexity index is 971. The molecule has 1 nitrogen and oxygen atoms in total. The van der Waals surface area contributed by atoms with E-state index in [9.17, 15) is 0 Å². The predicted molar refractivity (Wildman–Crippen MR) is 130 cm³/mol. The highest BCUT2D eigenvalue weighted by atomic mass is 14.3. The fourth-order valence-corrected chi connectivity index (χ4v) is 5.15. The van der Waals surface area contributed by atoms with Crippen LogP contribution in [0.4, 0.5) is 0 Å². The molecule has 31 heavy (non-hydrogen) atoms. The molecular weight excluding hydrogens is 374 g/mol. The highest BCUT2D eigenvalue weighted by molar-refractivity contribution is 5.64. The van der Waals surface area contributed by atoms with Gasteiger partial charge in [0.2, 0.25) is 0 Å². The van der Waals surface area contributed by atoms with Crippen molar-refractivity contribution in [3.8, 4) is 17.2 Å². The smallest absolute Gasteiger partial charge is 0.0991 e. The van der Waals surface area contributed by atoms with E-state index in [1.807, 2.05) is 24.3 Å². The molecule has 0 amide bonds. The van der Waals surface area contributed by atoms with E-state index in [0.29, 0.717) is 11.5 Å². The number of rotatable bonds is 7. The van der Waals surface area contributed by atoms with Gasteiger partial charge in [-0.1, -0.05) is 99.3 Å². The summed E-state index contributed by atoms with van der Waals surface area (Å²) in [5.74, 6) is 2.47. The van der Waals surface area contributed by atoms with Gasteiger partial charge < -0.3 is 0 Å². The maximum Gasteiger partial charge on any atom is 0.0991 e. The summed E-state index contributed by atoms with van der Waals surface area (Å²) in [7, 11) is 0. The molecular formula is C30H33N. The van der Waals surface area contributed by atoms with Crippen molar-refractivity contribution in [1.29, 1.82) is 5.26 Å². The zero-order valence-corrected chi connectivity index (χ0v) is 18.6. The molecule has 1 heteroatoms. The summed E-state index contributed by atoms with van der Waals surface area (Å²) in [6.07, 6.45) is 9.44. The molecule has 0 aliphatic heterocycles. The summed E-state index contributed by atoms with van der Waals surface area (Å²) in [6, 6.07) is 30.0. The second-order valence-electron chi connectivity index (χ2n) is 9.36. The van der Waals surface area contributed by atoms with Crippen molar-refractivity contribution in [3.05, 3.63) is 95.6 Å². The summed E-state index contributed by atoms with van der Waals surface area (Å²) in [5, 5.41) is 8.95. The Morgan fingerprint density at radius 1 is 0.774 bits per heavy atom. The van der Waals surface area contributed by atoms with E-state index in [-0.39, 0.29) is 0 Å². The quantitative estimate of drug-likeness (QED) is 0.387. The van der Waals surface area contributed by atoms with E-state index in [2.05, 4.69) is 67.6 Å². The lowest BCUT2D eigenvalue weighted by Gasteiger charge is -2.30. The number of hydrogen-bond acceptors (Lipinski definition) is 1. The Morgan fingerprint density at radius 2 is 1.35 bits per heavy atom. The van der Waals surface area contributed by atoms with Crippen LogP contribution in [0.3, 0.4) is 0 Å². The standard InChI is InChI=1S/C30H33N/c1-23(28-5-3-2-4-6-28)21-26-11-9-24(10-12-26)7-8-25-13-17-29(18-14-25)30-19-15-27(22-31)16-20-30/h2-6,13-20,23-24,26H,7-12,21H2,1H3. The molecule has 0 spiro atoms. The Kier molecular flexibility index (Phi) is 7.21. The molecule has 1 unspecified atom stereocenters. The molecule has 1 atom stereocenters. The average molecular weight is 408 g/mol. The van der Waals surface area contributed by atoms with Gasteiger partial charge in [-0.2, -0.15) is 5.26 Å². The van der Waals surface area contributed by atoms with Crippen LogP contribution in [0, 0.1) is 23.2 Å². The van der Waals surface area contributed by atoms with E-state index in [4.69, 9.17) is 5.26 Å². The first-order chi connectivity index (χ1) is 15.2. The molecule has 3 aromatic rings. The molecule has 1 saturated carbocycles. The van der Waals surface area contributed by atoms with Crippen LogP contribution in [-0.2, 0) is 6.42 Å². The second kappa shape index (κ2) is 10.5. The van der Waals surface area contributed by atoms with Crippen molar-refractivity contribution in [2.75, 3.05) is 0 Å². The molecule has 0 heterocycles. The first-order valence-corrected chi connectivity index (χ1v) is 11.9. The van der Waals surface area contributed by atoms with Gasteiger partial charge in [-0.25, -0.2) is 0 Å². The van der Waals surface area contributed by atoms with Crippen LogP contribution in [0.5, 0.6) is 0 Å². The van der Waals surface area contributed by atoms with Gasteiger partial charge in [0.15, 0.2) is 0 Å². The largest absolute Gasteiger partial charge is 0.192 e. The van der Waals surface area contributed by atoms with Crippen LogP contribution in [0.25, 0.3) is 11.1 Å². The second-order valence-corrected chi connectivity index (χ2v) is 9.36. The molecule has 0 radical (unpaired) electrons. The van der Waals surface area contributed by atoms with Crippen molar-refractivity contribution < 1.29 is 0 Å². The molecule has 1 fully saturated rings. The van der Waals surface area contributed by atoms with Gasteiger partial charge >= 0.3 is 0 Å². The SMILES string of the molecule is CC(CC1CCC(CCc2ccc(-c3ccc(C#N)cc3)cc2)CC1)c1ccccc1. The monoisotopic (exact) mass is 407 g/mol. The molecule has 158 valence electrons. The van der Waals surface area contributed by atoms with Gasteiger partial charge in [-0.3, -0.25) is 0 Å². The lowest BCUT2D eigenvalue weighted by Crippen LogP contribution is -2.16. The van der Waals surface area contributed by atoms with Gasteiger partial charge in [0.25, 0.3) is 0 Å². The van der Waals surface area contributed by atoms with Crippen LogP contribution >= 0.6 is 0 Å². The Balaban J connectivity index is 1.22. The normalized spacial score (nSPS) is 19.5. The summed E-state index contributed by atoms with van der Waals surface area (Å²) < 4.78 is 0. The number of aryl methyl sites for hydroxylation is 1. The average Bonchev–Trinajstić information content (AvgIpc) is 2.84. The van der Waals surface area contributed by atoms with Crippen LogP contribution in [-0.4, -0.2) is 0 Å². The van der Waals surface area contributed by atoms with Crippen LogP contribution in [0.2, 0.25) is 0 Å². The van der Waals surface area contributed by atoms with E-state index in [1.165, 1.54) is 67.2 Å². The van der Waals surface area contributed by atoms with Crippen molar-refractivity contribution in [3.63, 3.8) is 0 Å². The topological polar surface area (TPSA) is 23.8 Å². The highest BCUT2D eigenvalue weighted by Gasteiger charge is 2.23. The lowest BCUT2D eigenvalue weighted by atomic mass is 9.75. The van der Waals surface area contributed by atoms with Crippen molar-refractivity contribution in [1.82, 2.24) is 0 Å². The molecule has 0 N–H and O–H groups in total. The number of benzene rings is 3. The lowest BCUT2D eigenvalue weighted by molar-refractivity contribution is 0.245. The molecule has 1 aliphatic rings. The molecule has 0 saturated heterocycles. The van der Waals surface area contributed by atoms with Gasteiger partial charge in [0.05, 0.1) is 11.6 Å². The maximum absolute atomic E-state index is 8.95. The summed E-state index contributed by atoms with van der Waals surface area (Å²) in [6.45, 7) is 2.39. The van der Waals surface area contributed by atoms with Crippen LogP contribution < -0.4 is 0 Å². The molecule has 1 aliphatic carbocycles. The van der Waals surface area contributed by atoms with Gasteiger partial charge in [0, 0.05) is 0 Å². The fourth-order valence-electron chi connectivity index (χ4n) is 5.15. The van der Waals surface area contributed by atoms with Crippen molar-refractivity contribution >= 4 is 0 Å². The minimum absolute atomic E-state index is 0.678. The highest BCUT2D eigenvalue weighted by Crippen LogP contribution is 2.37. The van der Waals surface area contributed by atoms with Crippen molar-refractivity contribution in [2.24, 2.45) is 11.8 Å². The van der Waals surface area contributed by atoms with E-state index in [0.717, 1.165) is 11.8 Å². The number of nitriles is 1. The summed E-state index contributed by atoms with van der Waals surface area (Å²) in [4.78, 5) is 0. The maximum atomic E-state index is 8.95. The Hall–Kier alpha value is -2.85. The van der Waals surface area contributed by atoms with E-state index < -0.39 is 0 Å². The van der Waals surface area contributed by atoms with E-state index >= 15 is 0 Å². The number of hydrogen-bond donors (Lipinski definition) is 0. The third-order valence-electron chi connectivity index (χ3n) is 7.16. The van der Waals surface area contributed by atoms with Gasteiger partial charge in [0.1, 0.15) is 0 Å². The molecule has 0 aromatic heterocycles. The molecule has 3 aromatic carbocycles. The first kappa shape index (κ1) is 21.4. The third-order valence-corrected chi connectivity index (χ3v) is 7.16. The zero-order valence-electron chi connectivity index (χ0n) is 18.6. The summed E-state index contributed by atoms with van der Waals surface area (Å²) >= 11 is 0. The van der Waals surface area contributed by atoms with Gasteiger partial charge in [-0.15, -0.1) is 0 Å². The predicted octanol–water partition coefficient (Wildman–Crippen LogP) is 8.16. The van der Waals surface area contributed by atoms with Crippen molar-refractivity contribution in [2.45, 2.75) is 57.8 Å². The van der Waals surface area contributed by atoms with Crippen LogP contribution in [0.15, 0.2) is 78.9 Å². The van der Waals surface area contributed by atoms with Gasteiger partial charge in [-0.05, 0) is 71.4 Å². The third kappa shape index (κ3) is 5.86.